The van der Waals surface area contributed by atoms with Gasteiger partial charge < -0.3 is 16.0 Å². The molecule has 3 heteroatoms. The van der Waals surface area contributed by atoms with E-state index in [4.69, 9.17) is 0 Å². The highest BCUT2D eigenvalue weighted by molar-refractivity contribution is 4.81. The Morgan fingerprint density at radius 2 is 1.27 bits per heavy atom. The standard InChI is InChI=1S/C12H23N3/c1-4-7-13-10-12(15-9-6-3)11-14-8-5-2/h4-6,12-15H,1-3,7-11H2. The van der Waals surface area contributed by atoms with Crippen molar-refractivity contribution >= 4 is 0 Å². The number of nitrogens with one attached hydrogen (secondary N) is 3. The second-order valence-corrected chi connectivity index (χ2v) is 3.29. The van der Waals surface area contributed by atoms with Crippen LogP contribution in [0.15, 0.2) is 38.0 Å². The van der Waals surface area contributed by atoms with Crippen molar-refractivity contribution in [1.29, 1.82) is 0 Å². The lowest BCUT2D eigenvalue weighted by atomic mass is 10.2. The molecule has 0 aliphatic rings. The molecule has 0 rings (SSSR count). The summed E-state index contributed by atoms with van der Waals surface area (Å²) in [7, 11) is 0. The Hall–Kier alpha value is -0.900. The van der Waals surface area contributed by atoms with E-state index in [0.29, 0.717) is 6.04 Å². The van der Waals surface area contributed by atoms with E-state index in [1.54, 1.807) is 0 Å². The minimum Gasteiger partial charge on any atom is -0.312 e. The molecule has 0 atom stereocenters. The van der Waals surface area contributed by atoms with E-state index >= 15 is 0 Å². The Balaban J connectivity index is 3.66. The molecule has 0 fully saturated rings. The highest BCUT2D eigenvalue weighted by atomic mass is 15.0. The molecule has 3 nitrogen and oxygen atoms in total. The van der Waals surface area contributed by atoms with E-state index < -0.39 is 0 Å². The fourth-order valence-electron chi connectivity index (χ4n) is 1.19. The van der Waals surface area contributed by atoms with Crippen molar-refractivity contribution in [3.63, 3.8) is 0 Å². The number of hydrogen-bond donors (Lipinski definition) is 3. The third-order valence-corrected chi connectivity index (χ3v) is 1.91. The molecule has 0 unspecified atom stereocenters. The first-order valence-electron chi connectivity index (χ1n) is 5.32. The van der Waals surface area contributed by atoms with E-state index in [1.165, 1.54) is 0 Å². The molecule has 0 bridgehead atoms. The van der Waals surface area contributed by atoms with Crippen LogP contribution in [0.5, 0.6) is 0 Å². The van der Waals surface area contributed by atoms with E-state index in [9.17, 15) is 0 Å². The normalized spacial score (nSPS) is 10.2. The van der Waals surface area contributed by atoms with E-state index in [2.05, 4.69) is 35.7 Å². The van der Waals surface area contributed by atoms with Crippen LogP contribution in [-0.2, 0) is 0 Å². The van der Waals surface area contributed by atoms with Crippen LogP contribution in [0.25, 0.3) is 0 Å². The van der Waals surface area contributed by atoms with Crippen molar-refractivity contribution in [2.45, 2.75) is 6.04 Å². The first kappa shape index (κ1) is 14.1. The van der Waals surface area contributed by atoms with Crippen molar-refractivity contribution in [2.24, 2.45) is 0 Å². The summed E-state index contributed by atoms with van der Waals surface area (Å²) in [5, 5.41) is 9.96. The molecule has 3 N–H and O–H groups in total. The lowest BCUT2D eigenvalue weighted by Crippen LogP contribution is -2.45. The lowest BCUT2D eigenvalue weighted by molar-refractivity contribution is 0.479. The second-order valence-electron chi connectivity index (χ2n) is 3.29. The molecule has 0 heterocycles. The highest BCUT2D eigenvalue weighted by Crippen LogP contribution is 1.80. The van der Waals surface area contributed by atoms with Crippen molar-refractivity contribution < 1.29 is 0 Å². The predicted molar refractivity (Wildman–Crippen MR) is 68.1 cm³/mol. The van der Waals surface area contributed by atoms with Gasteiger partial charge in [-0.3, -0.25) is 0 Å². The molecule has 0 aliphatic carbocycles. The summed E-state index contributed by atoms with van der Waals surface area (Å²) >= 11 is 0. The van der Waals surface area contributed by atoms with Crippen LogP contribution in [0, 0.1) is 0 Å². The molecular weight excluding hydrogens is 186 g/mol. The Kier molecular flexibility index (Phi) is 10.5. The van der Waals surface area contributed by atoms with Crippen LogP contribution in [0.2, 0.25) is 0 Å². The molecule has 0 aromatic heterocycles. The maximum atomic E-state index is 3.69. The Bertz CT molecular complexity index is 164. The van der Waals surface area contributed by atoms with E-state index in [1.807, 2.05) is 18.2 Å². The molecule has 86 valence electrons. The van der Waals surface area contributed by atoms with E-state index in [-0.39, 0.29) is 0 Å². The van der Waals surface area contributed by atoms with Gasteiger partial charge in [0.2, 0.25) is 0 Å². The summed E-state index contributed by atoms with van der Waals surface area (Å²) in [5.74, 6) is 0. The van der Waals surface area contributed by atoms with Crippen molar-refractivity contribution in [2.75, 3.05) is 32.7 Å². The first-order chi connectivity index (χ1) is 7.35. The molecule has 15 heavy (non-hydrogen) atoms. The third-order valence-electron chi connectivity index (χ3n) is 1.91. The van der Waals surface area contributed by atoms with Gasteiger partial charge in [0.1, 0.15) is 0 Å². The van der Waals surface area contributed by atoms with Crippen LogP contribution >= 0.6 is 0 Å². The summed E-state index contributed by atoms with van der Waals surface area (Å²) in [4.78, 5) is 0. The molecule has 0 aromatic rings. The van der Waals surface area contributed by atoms with Crippen LogP contribution < -0.4 is 16.0 Å². The minimum absolute atomic E-state index is 0.405. The van der Waals surface area contributed by atoms with Gasteiger partial charge in [0.25, 0.3) is 0 Å². The molecule has 0 aliphatic heterocycles. The summed E-state index contributed by atoms with van der Waals surface area (Å²) in [6, 6.07) is 0.405. The van der Waals surface area contributed by atoms with Crippen molar-refractivity contribution in [3.8, 4) is 0 Å². The topological polar surface area (TPSA) is 36.1 Å². The summed E-state index contributed by atoms with van der Waals surface area (Å²) < 4.78 is 0. The van der Waals surface area contributed by atoms with Gasteiger partial charge in [0, 0.05) is 38.8 Å². The smallest absolute Gasteiger partial charge is 0.0320 e. The highest BCUT2D eigenvalue weighted by Gasteiger charge is 2.04. The van der Waals surface area contributed by atoms with Crippen LogP contribution in [0.4, 0.5) is 0 Å². The van der Waals surface area contributed by atoms with Gasteiger partial charge in [-0.15, -0.1) is 19.7 Å². The average molecular weight is 209 g/mol. The predicted octanol–water partition coefficient (Wildman–Crippen LogP) is 0.682. The first-order valence-corrected chi connectivity index (χ1v) is 5.32. The molecule has 0 amide bonds. The number of hydrogen-bond acceptors (Lipinski definition) is 3. The van der Waals surface area contributed by atoms with Crippen LogP contribution in [-0.4, -0.2) is 38.8 Å². The Labute approximate surface area is 93.3 Å². The van der Waals surface area contributed by atoms with Gasteiger partial charge in [-0.25, -0.2) is 0 Å². The van der Waals surface area contributed by atoms with Crippen molar-refractivity contribution in [1.82, 2.24) is 16.0 Å². The molecule has 0 spiro atoms. The Morgan fingerprint density at radius 1 is 0.800 bits per heavy atom. The summed E-state index contributed by atoms with van der Waals surface area (Å²) in [6.07, 6.45) is 5.59. The van der Waals surface area contributed by atoms with Gasteiger partial charge in [-0.1, -0.05) is 18.2 Å². The van der Waals surface area contributed by atoms with Crippen LogP contribution in [0.3, 0.4) is 0 Å². The fraction of sp³-hybridized carbons (Fsp3) is 0.500. The zero-order chi connectivity index (χ0) is 11.4. The van der Waals surface area contributed by atoms with Gasteiger partial charge in [0.15, 0.2) is 0 Å². The van der Waals surface area contributed by atoms with Gasteiger partial charge in [-0.05, 0) is 0 Å². The quantitative estimate of drug-likeness (QED) is 0.346. The molecular formula is C12H23N3. The fourth-order valence-corrected chi connectivity index (χ4v) is 1.19. The summed E-state index contributed by atoms with van der Waals surface area (Å²) in [5.41, 5.74) is 0. The maximum absolute atomic E-state index is 3.69. The van der Waals surface area contributed by atoms with Crippen molar-refractivity contribution in [3.05, 3.63) is 38.0 Å². The monoisotopic (exact) mass is 209 g/mol. The zero-order valence-corrected chi connectivity index (χ0v) is 9.47. The molecule has 0 saturated carbocycles. The zero-order valence-electron chi connectivity index (χ0n) is 9.47. The lowest BCUT2D eigenvalue weighted by Gasteiger charge is -2.18. The number of rotatable bonds is 11. The van der Waals surface area contributed by atoms with Gasteiger partial charge in [-0.2, -0.15) is 0 Å². The SMILES string of the molecule is C=CCNCC(CNCC=C)NCC=C. The van der Waals surface area contributed by atoms with Gasteiger partial charge >= 0.3 is 0 Å². The van der Waals surface area contributed by atoms with E-state index in [0.717, 1.165) is 32.7 Å². The summed E-state index contributed by atoms with van der Waals surface area (Å²) in [6.45, 7) is 15.4. The van der Waals surface area contributed by atoms with Crippen LogP contribution in [0.1, 0.15) is 0 Å². The third kappa shape index (κ3) is 9.41. The minimum atomic E-state index is 0.405. The second kappa shape index (κ2) is 11.2. The molecule has 0 saturated heterocycles. The maximum Gasteiger partial charge on any atom is 0.0320 e. The Morgan fingerprint density at radius 3 is 1.67 bits per heavy atom. The largest absolute Gasteiger partial charge is 0.312 e. The molecule has 0 aromatic carbocycles. The van der Waals surface area contributed by atoms with Gasteiger partial charge in [0.05, 0.1) is 0 Å². The molecule has 0 radical (unpaired) electrons. The average Bonchev–Trinajstić information content (AvgIpc) is 2.25.